The smallest absolute Gasteiger partial charge is 0.128 e. The molecule has 0 amide bonds. The first kappa shape index (κ1) is 11.8. The summed E-state index contributed by atoms with van der Waals surface area (Å²) in [5.74, 6) is -0.240. The molecule has 2 N–H and O–H groups in total. The molecule has 17 heavy (non-hydrogen) atoms. The van der Waals surface area contributed by atoms with Crippen molar-refractivity contribution in [3.63, 3.8) is 0 Å². The van der Waals surface area contributed by atoms with Crippen LogP contribution >= 0.6 is 0 Å². The average molecular weight is 233 g/mol. The summed E-state index contributed by atoms with van der Waals surface area (Å²) in [7, 11) is 0. The molecule has 0 saturated heterocycles. The summed E-state index contributed by atoms with van der Waals surface area (Å²) in [5, 5.41) is 4.37. The van der Waals surface area contributed by atoms with Gasteiger partial charge in [0.1, 0.15) is 5.82 Å². The van der Waals surface area contributed by atoms with Crippen LogP contribution in [0.25, 0.3) is 0 Å². The van der Waals surface area contributed by atoms with Crippen LogP contribution in [0.15, 0.2) is 30.3 Å². The van der Waals surface area contributed by atoms with Crippen molar-refractivity contribution in [3.05, 3.63) is 53.1 Å². The molecule has 1 aromatic heterocycles. The Morgan fingerprint density at radius 3 is 2.59 bits per heavy atom. The van der Waals surface area contributed by atoms with E-state index in [-0.39, 0.29) is 11.9 Å². The van der Waals surface area contributed by atoms with Crippen LogP contribution in [0.5, 0.6) is 0 Å². The standard InChI is InChI=1S/C13H16FN3/c1-9-7-10(2)17(16-9)13(8-15)11-5-3-4-6-12(11)14/h3-7,13H,8,15H2,1-2H3. The predicted octanol–water partition coefficient (Wildman–Crippen LogP) is 2.19. The number of aryl methyl sites for hydroxylation is 2. The molecule has 2 aromatic rings. The minimum atomic E-state index is -0.245. The Morgan fingerprint density at radius 1 is 1.35 bits per heavy atom. The van der Waals surface area contributed by atoms with E-state index < -0.39 is 0 Å². The van der Waals surface area contributed by atoms with Gasteiger partial charge in [-0.15, -0.1) is 0 Å². The van der Waals surface area contributed by atoms with Crippen LogP contribution in [-0.2, 0) is 0 Å². The third kappa shape index (κ3) is 2.22. The van der Waals surface area contributed by atoms with Gasteiger partial charge in [-0.25, -0.2) is 4.39 Å². The molecule has 0 saturated carbocycles. The number of rotatable bonds is 3. The Balaban J connectivity index is 2.47. The molecule has 1 atom stereocenters. The second kappa shape index (κ2) is 4.67. The van der Waals surface area contributed by atoms with Crippen LogP contribution in [0.4, 0.5) is 4.39 Å². The Bertz CT molecular complexity index is 519. The topological polar surface area (TPSA) is 43.8 Å². The zero-order valence-corrected chi connectivity index (χ0v) is 10.0. The van der Waals surface area contributed by atoms with E-state index in [0.29, 0.717) is 12.1 Å². The van der Waals surface area contributed by atoms with E-state index in [1.165, 1.54) is 6.07 Å². The third-order valence-electron chi connectivity index (χ3n) is 2.83. The highest BCUT2D eigenvalue weighted by atomic mass is 19.1. The lowest BCUT2D eigenvalue weighted by Gasteiger charge is -2.18. The van der Waals surface area contributed by atoms with Crippen LogP contribution in [-0.4, -0.2) is 16.3 Å². The number of benzene rings is 1. The molecule has 1 unspecified atom stereocenters. The van der Waals surface area contributed by atoms with Crippen molar-refractivity contribution in [2.24, 2.45) is 5.73 Å². The Morgan fingerprint density at radius 2 is 2.06 bits per heavy atom. The zero-order valence-electron chi connectivity index (χ0n) is 10.0. The fraction of sp³-hybridized carbons (Fsp3) is 0.308. The monoisotopic (exact) mass is 233 g/mol. The molecular formula is C13H16FN3. The van der Waals surface area contributed by atoms with Crippen molar-refractivity contribution in [2.45, 2.75) is 19.9 Å². The first-order valence-corrected chi connectivity index (χ1v) is 5.60. The van der Waals surface area contributed by atoms with E-state index in [1.807, 2.05) is 26.0 Å². The lowest BCUT2D eigenvalue weighted by atomic mass is 10.1. The van der Waals surface area contributed by atoms with E-state index in [0.717, 1.165) is 11.4 Å². The Kier molecular flexibility index (Phi) is 3.24. The summed E-state index contributed by atoms with van der Waals surface area (Å²) in [6.45, 7) is 4.19. The van der Waals surface area contributed by atoms with E-state index in [9.17, 15) is 4.39 Å². The maximum Gasteiger partial charge on any atom is 0.128 e. The van der Waals surface area contributed by atoms with Gasteiger partial charge in [-0.05, 0) is 26.0 Å². The lowest BCUT2D eigenvalue weighted by molar-refractivity contribution is 0.487. The van der Waals surface area contributed by atoms with Crippen LogP contribution in [0.3, 0.4) is 0 Å². The maximum absolute atomic E-state index is 13.8. The molecule has 90 valence electrons. The molecule has 3 nitrogen and oxygen atoms in total. The molecule has 0 bridgehead atoms. The van der Waals surface area contributed by atoms with Gasteiger partial charge in [-0.2, -0.15) is 5.10 Å². The Hall–Kier alpha value is -1.68. The van der Waals surface area contributed by atoms with Crippen LogP contribution in [0.1, 0.15) is 23.0 Å². The van der Waals surface area contributed by atoms with Crippen molar-refractivity contribution < 1.29 is 4.39 Å². The molecule has 0 spiro atoms. The normalized spacial score (nSPS) is 12.7. The molecule has 1 heterocycles. The molecule has 0 radical (unpaired) electrons. The van der Waals surface area contributed by atoms with E-state index in [4.69, 9.17) is 5.73 Å². The third-order valence-corrected chi connectivity index (χ3v) is 2.83. The summed E-state index contributed by atoms with van der Waals surface area (Å²) in [5.41, 5.74) is 8.24. The van der Waals surface area contributed by atoms with Crippen molar-refractivity contribution in [1.82, 2.24) is 9.78 Å². The van der Waals surface area contributed by atoms with Gasteiger partial charge in [-0.1, -0.05) is 18.2 Å². The molecule has 2 rings (SSSR count). The molecule has 1 aromatic carbocycles. The minimum Gasteiger partial charge on any atom is -0.328 e. The highest BCUT2D eigenvalue weighted by Crippen LogP contribution is 2.21. The summed E-state index contributed by atoms with van der Waals surface area (Å²) in [4.78, 5) is 0. The second-order valence-corrected chi connectivity index (χ2v) is 4.14. The molecule has 0 aliphatic heterocycles. The van der Waals surface area contributed by atoms with Gasteiger partial charge in [0.25, 0.3) is 0 Å². The number of hydrogen-bond donors (Lipinski definition) is 1. The van der Waals surface area contributed by atoms with E-state index >= 15 is 0 Å². The van der Waals surface area contributed by atoms with Crippen molar-refractivity contribution in [1.29, 1.82) is 0 Å². The minimum absolute atomic E-state index is 0.240. The number of aromatic nitrogens is 2. The highest BCUT2D eigenvalue weighted by Gasteiger charge is 2.18. The van der Waals surface area contributed by atoms with Gasteiger partial charge in [0, 0.05) is 17.8 Å². The first-order chi connectivity index (χ1) is 8.13. The quantitative estimate of drug-likeness (QED) is 0.883. The molecule has 0 aliphatic carbocycles. The fourth-order valence-electron chi connectivity index (χ4n) is 2.07. The average Bonchev–Trinajstić information content (AvgIpc) is 2.62. The van der Waals surface area contributed by atoms with Crippen LogP contribution in [0, 0.1) is 19.7 Å². The predicted molar refractivity (Wildman–Crippen MR) is 65.3 cm³/mol. The summed E-state index contributed by atoms with van der Waals surface area (Å²) >= 11 is 0. The zero-order chi connectivity index (χ0) is 12.4. The largest absolute Gasteiger partial charge is 0.328 e. The maximum atomic E-state index is 13.8. The van der Waals surface area contributed by atoms with Gasteiger partial charge in [0.05, 0.1) is 11.7 Å². The number of hydrogen-bond acceptors (Lipinski definition) is 2. The Labute approximate surface area is 100 Å². The number of nitrogens with two attached hydrogens (primary N) is 1. The van der Waals surface area contributed by atoms with Gasteiger partial charge < -0.3 is 5.73 Å². The van der Waals surface area contributed by atoms with Gasteiger partial charge >= 0.3 is 0 Å². The first-order valence-electron chi connectivity index (χ1n) is 5.60. The second-order valence-electron chi connectivity index (χ2n) is 4.14. The highest BCUT2D eigenvalue weighted by molar-refractivity contribution is 5.23. The summed E-state index contributed by atoms with van der Waals surface area (Å²) < 4.78 is 15.5. The van der Waals surface area contributed by atoms with Gasteiger partial charge in [-0.3, -0.25) is 4.68 Å². The summed E-state index contributed by atoms with van der Waals surface area (Å²) in [6.07, 6.45) is 0. The molecule has 0 fully saturated rings. The lowest BCUT2D eigenvalue weighted by Crippen LogP contribution is -2.23. The SMILES string of the molecule is Cc1cc(C)n(C(CN)c2ccccc2F)n1. The van der Waals surface area contributed by atoms with Gasteiger partial charge in [0.2, 0.25) is 0 Å². The molecular weight excluding hydrogens is 217 g/mol. The van der Waals surface area contributed by atoms with Crippen molar-refractivity contribution in [3.8, 4) is 0 Å². The van der Waals surface area contributed by atoms with Crippen molar-refractivity contribution in [2.75, 3.05) is 6.54 Å². The molecule has 0 aliphatic rings. The van der Waals surface area contributed by atoms with Gasteiger partial charge in [0.15, 0.2) is 0 Å². The number of nitrogens with zero attached hydrogens (tertiary/aromatic N) is 2. The summed E-state index contributed by atoms with van der Waals surface area (Å²) in [6, 6.07) is 8.40. The number of halogens is 1. The molecule has 4 heteroatoms. The fourth-order valence-corrected chi connectivity index (χ4v) is 2.07. The van der Waals surface area contributed by atoms with E-state index in [1.54, 1.807) is 16.8 Å². The van der Waals surface area contributed by atoms with Crippen molar-refractivity contribution >= 4 is 0 Å². The van der Waals surface area contributed by atoms with Crippen LogP contribution < -0.4 is 5.73 Å². The van der Waals surface area contributed by atoms with Crippen LogP contribution in [0.2, 0.25) is 0 Å². The van der Waals surface area contributed by atoms with E-state index in [2.05, 4.69) is 5.10 Å².